The minimum Gasteiger partial charge on any atom is -0.396 e. The van der Waals surface area contributed by atoms with E-state index in [4.69, 9.17) is 5.11 Å². The number of benzene rings is 1. The van der Waals surface area contributed by atoms with E-state index in [2.05, 4.69) is 0 Å². The monoisotopic (exact) mass is 374 g/mol. The van der Waals surface area contributed by atoms with E-state index in [1.54, 1.807) is 0 Å². The van der Waals surface area contributed by atoms with Gasteiger partial charge in [0.1, 0.15) is 0 Å². The Labute approximate surface area is 151 Å². The van der Waals surface area contributed by atoms with Gasteiger partial charge in [0.15, 0.2) is 0 Å². The SMILES string of the molecule is CCN(CCO)C[C@@H]1CN(C(=O)c2cccc(C(F)(F)F)c2)C[C@@H]1CO. The Morgan fingerprint density at radius 2 is 1.96 bits per heavy atom. The molecule has 8 heteroatoms. The molecule has 1 amide bonds. The van der Waals surface area contributed by atoms with Crippen LogP contribution < -0.4 is 0 Å². The van der Waals surface area contributed by atoms with Crippen LogP contribution in [0.1, 0.15) is 22.8 Å². The van der Waals surface area contributed by atoms with Crippen molar-refractivity contribution in [3.8, 4) is 0 Å². The van der Waals surface area contributed by atoms with Crippen LogP contribution in [0.3, 0.4) is 0 Å². The largest absolute Gasteiger partial charge is 0.416 e. The molecule has 0 bridgehead atoms. The van der Waals surface area contributed by atoms with Gasteiger partial charge < -0.3 is 20.0 Å². The Morgan fingerprint density at radius 1 is 1.27 bits per heavy atom. The molecular formula is C18H25F3N2O3. The van der Waals surface area contributed by atoms with Gasteiger partial charge in [-0.2, -0.15) is 13.2 Å². The summed E-state index contributed by atoms with van der Waals surface area (Å²) in [5.41, 5.74) is -0.849. The molecule has 1 aromatic carbocycles. The fourth-order valence-corrected chi connectivity index (χ4v) is 3.38. The Balaban J connectivity index is 2.11. The lowest BCUT2D eigenvalue weighted by atomic mass is 9.96. The van der Waals surface area contributed by atoms with Crippen molar-refractivity contribution >= 4 is 5.91 Å². The zero-order chi connectivity index (χ0) is 19.3. The lowest BCUT2D eigenvalue weighted by Gasteiger charge is -2.25. The summed E-state index contributed by atoms with van der Waals surface area (Å²) in [5, 5.41) is 18.7. The van der Waals surface area contributed by atoms with Gasteiger partial charge >= 0.3 is 6.18 Å². The molecule has 0 saturated carbocycles. The minimum absolute atomic E-state index is 0.000120. The molecule has 0 aromatic heterocycles. The molecule has 1 fully saturated rings. The highest BCUT2D eigenvalue weighted by atomic mass is 19.4. The number of rotatable bonds is 7. The summed E-state index contributed by atoms with van der Waals surface area (Å²) in [7, 11) is 0. The summed E-state index contributed by atoms with van der Waals surface area (Å²) >= 11 is 0. The first kappa shape index (κ1) is 20.7. The number of alkyl halides is 3. The lowest BCUT2D eigenvalue weighted by Crippen LogP contribution is -2.36. The molecule has 0 unspecified atom stereocenters. The fraction of sp³-hybridized carbons (Fsp3) is 0.611. The average Bonchev–Trinajstić information content (AvgIpc) is 3.03. The van der Waals surface area contributed by atoms with E-state index < -0.39 is 17.6 Å². The van der Waals surface area contributed by atoms with Crippen molar-refractivity contribution in [1.82, 2.24) is 9.80 Å². The van der Waals surface area contributed by atoms with E-state index in [0.717, 1.165) is 18.7 Å². The fourth-order valence-electron chi connectivity index (χ4n) is 3.38. The normalized spacial score (nSPS) is 20.8. The molecule has 1 aliphatic heterocycles. The number of carbonyl (C=O) groups is 1. The first-order valence-electron chi connectivity index (χ1n) is 8.70. The number of aliphatic hydroxyl groups excluding tert-OH is 2. The third-order valence-corrected chi connectivity index (χ3v) is 4.89. The number of likely N-dealkylation sites (N-methyl/N-ethyl adjacent to an activating group) is 1. The van der Waals surface area contributed by atoms with E-state index in [-0.39, 0.29) is 30.6 Å². The lowest BCUT2D eigenvalue weighted by molar-refractivity contribution is -0.137. The molecule has 2 atom stereocenters. The van der Waals surface area contributed by atoms with Gasteiger partial charge in [0.25, 0.3) is 5.91 Å². The van der Waals surface area contributed by atoms with Crippen LogP contribution in [0.4, 0.5) is 13.2 Å². The summed E-state index contributed by atoms with van der Waals surface area (Å²) in [6.45, 7) is 4.45. The van der Waals surface area contributed by atoms with Crippen molar-refractivity contribution in [3.63, 3.8) is 0 Å². The Morgan fingerprint density at radius 3 is 2.54 bits per heavy atom. The van der Waals surface area contributed by atoms with Crippen LogP contribution in [0.25, 0.3) is 0 Å². The highest BCUT2D eigenvalue weighted by Crippen LogP contribution is 2.31. The molecule has 1 heterocycles. The van der Waals surface area contributed by atoms with Crippen LogP contribution in [-0.4, -0.2) is 71.9 Å². The van der Waals surface area contributed by atoms with Crippen molar-refractivity contribution in [2.24, 2.45) is 11.8 Å². The smallest absolute Gasteiger partial charge is 0.396 e. The van der Waals surface area contributed by atoms with Crippen LogP contribution in [0.2, 0.25) is 0 Å². The van der Waals surface area contributed by atoms with E-state index in [9.17, 15) is 23.1 Å². The predicted molar refractivity (Wildman–Crippen MR) is 90.6 cm³/mol. The van der Waals surface area contributed by atoms with Gasteiger partial charge in [0.2, 0.25) is 0 Å². The topological polar surface area (TPSA) is 64.0 Å². The molecule has 5 nitrogen and oxygen atoms in total. The molecule has 0 radical (unpaired) electrons. The van der Waals surface area contributed by atoms with Crippen molar-refractivity contribution in [2.45, 2.75) is 13.1 Å². The zero-order valence-electron chi connectivity index (χ0n) is 14.7. The molecule has 2 N–H and O–H groups in total. The Kier molecular flexibility index (Phi) is 7.02. The first-order valence-corrected chi connectivity index (χ1v) is 8.70. The zero-order valence-corrected chi connectivity index (χ0v) is 14.7. The summed E-state index contributed by atoms with van der Waals surface area (Å²) < 4.78 is 38.6. The second-order valence-electron chi connectivity index (χ2n) is 6.61. The van der Waals surface area contributed by atoms with Gasteiger partial charge in [-0.25, -0.2) is 0 Å². The number of nitrogens with zero attached hydrogens (tertiary/aromatic N) is 2. The van der Waals surface area contributed by atoms with Crippen LogP contribution in [0.5, 0.6) is 0 Å². The molecule has 26 heavy (non-hydrogen) atoms. The number of aliphatic hydroxyl groups is 2. The van der Waals surface area contributed by atoms with Gasteiger partial charge in [-0.1, -0.05) is 13.0 Å². The van der Waals surface area contributed by atoms with Gasteiger partial charge in [-0.15, -0.1) is 0 Å². The maximum atomic E-state index is 12.9. The number of halogens is 3. The van der Waals surface area contributed by atoms with Crippen LogP contribution in [0, 0.1) is 11.8 Å². The van der Waals surface area contributed by atoms with E-state index >= 15 is 0 Å². The van der Waals surface area contributed by atoms with Crippen molar-refractivity contribution in [1.29, 1.82) is 0 Å². The second kappa shape index (κ2) is 8.83. The molecule has 1 aromatic rings. The molecule has 1 aliphatic rings. The third kappa shape index (κ3) is 4.96. The van der Waals surface area contributed by atoms with E-state index in [1.165, 1.54) is 17.0 Å². The van der Waals surface area contributed by atoms with Crippen LogP contribution in [0.15, 0.2) is 24.3 Å². The van der Waals surface area contributed by atoms with E-state index in [1.807, 2.05) is 11.8 Å². The Bertz CT molecular complexity index is 610. The maximum Gasteiger partial charge on any atom is 0.416 e. The molecule has 0 spiro atoms. The van der Waals surface area contributed by atoms with E-state index in [0.29, 0.717) is 26.2 Å². The quantitative estimate of drug-likeness (QED) is 0.763. The molecular weight excluding hydrogens is 349 g/mol. The van der Waals surface area contributed by atoms with Gasteiger partial charge in [0, 0.05) is 44.3 Å². The third-order valence-electron chi connectivity index (χ3n) is 4.89. The summed E-state index contributed by atoms with van der Waals surface area (Å²) in [4.78, 5) is 16.2. The number of carbonyl (C=O) groups excluding carboxylic acids is 1. The summed E-state index contributed by atoms with van der Waals surface area (Å²) in [6.07, 6.45) is -4.50. The highest BCUT2D eigenvalue weighted by Gasteiger charge is 2.37. The minimum atomic E-state index is -4.50. The van der Waals surface area contributed by atoms with Crippen molar-refractivity contribution in [2.75, 3.05) is 45.9 Å². The number of hydrogen-bond donors (Lipinski definition) is 2. The predicted octanol–water partition coefficient (Wildman–Crippen LogP) is 1.70. The van der Waals surface area contributed by atoms with Gasteiger partial charge in [-0.05, 0) is 30.7 Å². The standard InChI is InChI=1S/C18H25F3N2O3/c1-2-22(6-7-24)9-14-10-23(11-15(14)12-25)17(26)13-4-3-5-16(8-13)18(19,20)21/h3-5,8,14-15,24-25H,2,6-7,9-12H2,1H3/t14-,15-/m1/s1. The highest BCUT2D eigenvalue weighted by molar-refractivity contribution is 5.94. The molecule has 146 valence electrons. The molecule has 2 rings (SSSR count). The summed E-state index contributed by atoms with van der Waals surface area (Å²) in [5.74, 6) is -0.569. The van der Waals surface area contributed by atoms with Crippen molar-refractivity contribution < 1.29 is 28.2 Å². The number of likely N-dealkylation sites (tertiary alicyclic amines) is 1. The van der Waals surface area contributed by atoms with Gasteiger partial charge in [-0.3, -0.25) is 4.79 Å². The first-order chi connectivity index (χ1) is 12.3. The molecule has 0 aliphatic carbocycles. The van der Waals surface area contributed by atoms with Crippen LogP contribution in [-0.2, 0) is 6.18 Å². The average molecular weight is 374 g/mol. The van der Waals surface area contributed by atoms with Crippen LogP contribution >= 0.6 is 0 Å². The second-order valence-corrected chi connectivity index (χ2v) is 6.61. The van der Waals surface area contributed by atoms with Crippen molar-refractivity contribution in [3.05, 3.63) is 35.4 Å². The molecule has 1 saturated heterocycles. The number of amides is 1. The maximum absolute atomic E-state index is 12.9. The number of hydrogen-bond acceptors (Lipinski definition) is 4. The Hall–Kier alpha value is -1.64. The van der Waals surface area contributed by atoms with Gasteiger partial charge in [0.05, 0.1) is 12.2 Å². The summed E-state index contributed by atoms with van der Waals surface area (Å²) in [6, 6.07) is 4.41.